The number of carbonyl (C=O) groups is 2. The number of carbonyl (C=O) groups excluding carboxylic acids is 1. The van der Waals surface area contributed by atoms with Gasteiger partial charge in [0.15, 0.2) is 0 Å². The van der Waals surface area contributed by atoms with Crippen LogP contribution < -0.4 is 5.32 Å². The van der Waals surface area contributed by atoms with Crippen molar-refractivity contribution in [2.75, 3.05) is 6.54 Å². The zero-order valence-corrected chi connectivity index (χ0v) is 4.47. The summed E-state index contributed by atoms with van der Waals surface area (Å²) in [4.78, 5) is 20.9. The van der Waals surface area contributed by atoms with E-state index in [-0.39, 0.29) is 0 Å². The third kappa shape index (κ3) is 4.80. The molecule has 0 fully saturated rings. The molecule has 0 aliphatic heterocycles. The van der Waals surface area contributed by atoms with Crippen LogP contribution in [0, 0.1) is 0 Å². The topological polar surface area (TPSA) is 66.4 Å². The summed E-state index contributed by atoms with van der Waals surface area (Å²) in [5.41, 5.74) is 0. The molecule has 9 heavy (non-hydrogen) atoms. The van der Waals surface area contributed by atoms with Gasteiger partial charge in [0, 0.05) is 13.2 Å². The van der Waals surface area contributed by atoms with Gasteiger partial charge in [0.25, 0.3) is 0 Å². The highest BCUT2D eigenvalue weighted by Crippen LogP contribution is 1.72. The van der Waals surface area contributed by atoms with Gasteiger partial charge in [0.05, 0.1) is 0 Å². The van der Waals surface area contributed by atoms with E-state index in [1.807, 2.05) is 0 Å². The van der Waals surface area contributed by atoms with Crippen LogP contribution in [0.25, 0.3) is 0 Å². The summed E-state index contributed by atoms with van der Waals surface area (Å²) >= 11 is 0. The lowest BCUT2D eigenvalue weighted by Crippen LogP contribution is -2.28. The Labute approximate surface area is 59.9 Å². The van der Waals surface area contributed by atoms with E-state index in [9.17, 15) is 9.59 Å². The van der Waals surface area contributed by atoms with Crippen molar-refractivity contribution < 1.29 is 21.5 Å². The zero-order valence-electron chi connectivity index (χ0n) is 9.47. The first-order valence-electron chi connectivity index (χ1n) is 4.59. The molecule has 0 heterocycles. The second kappa shape index (κ2) is 3.88. The number of rotatable bonds is 3. The van der Waals surface area contributed by atoms with Crippen molar-refractivity contribution in [3.05, 3.63) is 0 Å². The highest BCUT2D eigenvalue weighted by atomic mass is 16.4. The minimum Gasteiger partial charge on any atom is -0.480 e. The Morgan fingerprint density at radius 2 is 2.56 bits per heavy atom. The van der Waals surface area contributed by atoms with Gasteiger partial charge in [-0.25, -0.2) is 0 Å². The van der Waals surface area contributed by atoms with Gasteiger partial charge in [-0.05, 0) is 0 Å². The highest BCUT2D eigenvalue weighted by Gasteiger charge is 1.98. The first kappa shape index (κ1) is 2.68. The van der Waals surface area contributed by atoms with Crippen LogP contribution in [0.4, 0.5) is 0 Å². The van der Waals surface area contributed by atoms with Crippen LogP contribution in [0.15, 0.2) is 0 Å². The molecule has 4 nitrogen and oxygen atoms in total. The minimum atomic E-state index is -3.12. The molecule has 0 aromatic rings. The van der Waals surface area contributed by atoms with Crippen LogP contribution >= 0.6 is 0 Å². The van der Waals surface area contributed by atoms with Crippen LogP contribution in [-0.2, 0) is 9.59 Å². The third-order valence-electron chi connectivity index (χ3n) is 0.514. The molecule has 0 unspecified atom stereocenters. The van der Waals surface area contributed by atoms with Crippen LogP contribution in [0.1, 0.15) is 20.1 Å². The average molecular weight is 136 g/mol. The standard InChI is InChI=1S/C5H9NO3/c1-2-4(7)6-3-5(8)9/h2-3H2,1H3,(H,6,7)(H,8,9)/i1D3,2D2. The summed E-state index contributed by atoms with van der Waals surface area (Å²) in [5, 5.41) is 9.81. The second-order valence-electron chi connectivity index (χ2n) is 1.20. The smallest absolute Gasteiger partial charge is 0.322 e. The number of nitrogens with one attached hydrogen (secondary N) is 1. The molecule has 0 aliphatic carbocycles. The fourth-order valence-electron chi connectivity index (χ4n) is 0.200. The van der Waals surface area contributed by atoms with Gasteiger partial charge in [0.2, 0.25) is 5.91 Å². The van der Waals surface area contributed by atoms with E-state index in [1.54, 1.807) is 5.32 Å². The van der Waals surface area contributed by atoms with Crippen molar-refractivity contribution in [3.8, 4) is 0 Å². The number of amides is 1. The molecule has 0 saturated carbocycles. The van der Waals surface area contributed by atoms with Crippen LogP contribution in [0.3, 0.4) is 0 Å². The Kier molecular flexibility index (Phi) is 1.16. The lowest BCUT2D eigenvalue weighted by atomic mass is 10.4. The predicted molar refractivity (Wildman–Crippen MR) is 30.9 cm³/mol. The van der Waals surface area contributed by atoms with Crippen molar-refractivity contribution in [1.29, 1.82) is 0 Å². The fraction of sp³-hybridized carbons (Fsp3) is 0.600. The Hall–Kier alpha value is -1.06. The van der Waals surface area contributed by atoms with Gasteiger partial charge in [-0.15, -0.1) is 0 Å². The number of aliphatic carboxylic acids is 1. The van der Waals surface area contributed by atoms with Crippen molar-refractivity contribution in [3.63, 3.8) is 0 Å². The number of carboxylic acid groups (broad SMARTS) is 1. The summed E-state index contributed by atoms with van der Waals surface area (Å²) < 4.78 is 34.0. The first-order chi connectivity index (χ1) is 6.09. The van der Waals surface area contributed by atoms with Crippen molar-refractivity contribution in [2.45, 2.75) is 13.2 Å². The molecule has 0 spiro atoms. The molecule has 0 radical (unpaired) electrons. The van der Waals surface area contributed by atoms with E-state index in [2.05, 4.69) is 0 Å². The molecule has 1 amide bonds. The van der Waals surface area contributed by atoms with Crippen LogP contribution in [0.2, 0.25) is 0 Å². The maximum atomic E-state index is 10.9. The Balaban J connectivity index is 4.45. The molecule has 0 rings (SSSR count). The first-order valence-corrected chi connectivity index (χ1v) is 2.09. The van der Waals surface area contributed by atoms with Gasteiger partial charge in [-0.2, -0.15) is 0 Å². The van der Waals surface area contributed by atoms with E-state index in [1.165, 1.54) is 0 Å². The molecule has 0 saturated heterocycles. The summed E-state index contributed by atoms with van der Waals surface area (Å²) in [7, 11) is 0. The molecule has 2 N–H and O–H groups in total. The average Bonchev–Trinajstić information content (AvgIpc) is 1.97. The highest BCUT2D eigenvalue weighted by molar-refractivity contribution is 5.80. The van der Waals surface area contributed by atoms with E-state index in [0.717, 1.165) is 0 Å². The van der Waals surface area contributed by atoms with E-state index >= 15 is 0 Å². The van der Waals surface area contributed by atoms with Crippen molar-refractivity contribution >= 4 is 11.9 Å². The minimum absolute atomic E-state index is 0.811. The summed E-state index contributed by atoms with van der Waals surface area (Å²) in [5.74, 6) is -2.83. The van der Waals surface area contributed by atoms with Gasteiger partial charge in [0.1, 0.15) is 6.54 Å². The molecule has 4 heteroatoms. The number of hydrogen-bond acceptors (Lipinski definition) is 2. The summed E-state index contributed by atoms with van der Waals surface area (Å²) in [6.07, 6.45) is -3.08. The van der Waals surface area contributed by atoms with Gasteiger partial charge in [-0.3, -0.25) is 9.59 Å². The monoisotopic (exact) mass is 136 g/mol. The number of hydrogen-bond donors (Lipinski definition) is 2. The third-order valence-corrected chi connectivity index (χ3v) is 0.514. The van der Waals surface area contributed by atoms with Crippen molar-refractivity contribution in [1.82, 2.24) is 5.32 Å². The molecule has 0 aromatic heterocycles. The summed E-state index contributed by atoms with van der Waals surface area (Å²) in [6, 6.07) is 0. The largest absolute Gasteiger partial charge is 0.480 e. The molecular formula is C5H9NO3. The maximum absolute atomic E-state index is 10.9. The van der Waals surface area contributed by atoms with Crippen molar-refractivity contribution in [2.24, 2.45) is 0 Å². The zero-order chi connectivity index (χ0) is 11.6. The van der Waals surface area contributed by atoms with E-state index in [0.29, 0.717) is 0 Å². The predicted octanol–water partition coefficient (Wildman–Crippen LogP) is -0.403. The lowest BCUT2D eigenvalue weighted by molar-refractivity contribution is -0.137. The Bertz CT molecular complexity index is 248. The van der Waals surface area contributed by atoms with Crippen LogP contribution in [-0.4, -0.2) is 23.5 Å². The molecular weight excluding hydrogens is 122 g/mol. The molecule has 0 bridgehead atoms. The second-order valence-corrected chi connectivity index (χ2v) is 1.20. The van der Waals surface area contributed by atoms with Crippen LogP contribution in [0.5, 0.6) is 0 Å². The Morgan fingerprint density at radius 3 is 3.00 bits per heavy atom. The van der Waals surface area contributed by atoms with Gasteiger partial charge >= 0.3 is 5.97 Å². The summed E-state index contributed by atoms with van der Waals surface area (Å²) in [6.45, 7) is -3.93. The normalized spacial score (nSPS) is 19.8. The van der Waals surface area contributed by atoms with E-state index in [4.69, 9.17) is 12.0 Å². The molecule has 0 aliphatic rings. The SMILES string of the molecule is [2H]C([2H])([2H])C([2H])([2H])C(=O)NCC(=O)O. The molecule has 0 atom stereocenters. The molecule has 52 valence electrons. The van der Waals surface area contributed by atoms with Gasteiger partial charge in [-0.1, -0.05) is 6.85 Å². The quantitative estimate of drug-likeness (QED) is 0.554. The Morgan fingerprint density at radius 1 is 1.89 bits per heavy atom. The maximum Gasteiger partial charge on any atom is 0.322 e. The molecule has 0 aromatic carbocycles. The van der Waals surface area contributed by atoms with E-state index < -0.39 is 31.6 Å². The fourth-order valence-corrected chi connectivity index (χ4v) is 0.200. The number of carboxylic acids is 1. The van der Waals surface area contributed by atoms with Gasteiger partial charge < -0.3 is 10.4 Å². The lowest BCUT2D eigenvalue weighted by Gasteiger charge is -1.95.